The van der Waals surface area contributed by atoms with Crippen molar-refractivity contribution in [3.8, 4) is 11.5 Å². The Morgan fingerprint density at radius 3 is 2.68 bits per heavy atom. The zero-order valence-electron chi connectivity index (χ0n) is 16.0. The minimum Gasteiger partial charge on any atom is -0.497 e. The number of methoxy groups -OCH3 is 1. The minimum atomic E-state index is -0.548. The summed E-state index contributed by atoms with van der Waals surface area (Å²) in [7, 11) is 1.58. The average molecular weight is 400 g/mol. The largest absolute Gasteiger partial charge is 0.497 e. The monoisotopic (exact) mass is 399 g/mol. The number of fused-ring (bicyclic) bond motifs is 1. The number of nitrogens with zero attached hydrogens (tertiary/aromatic N) is 1. The van der Waals surface area contributed by atoms with Crippen LogP contribution in [0.4, 0.5) is 0 Å². The number of rotatable bonds is 2. The van der Waals surface area contributed by atoms with Crippen LogP contribution in [0.5, 0.6) is 11.5 Å². The van der Waals surface area contributed by atoms with Gasteiger partial charge in [0.1, 0.15) is 17.1 Å². The van der Waals surface area contributed by atoms with Crippen LogP contribution in [-0.2, 0) is 0 Å². The summed E-state index contributed by atoms with van der Waals surface area (Å²) in [4.78, 5) is 27.4. The summed E-state index contributed by atoms with van der Waals surface area (Å²) in [6.07, 6.45) is 1.56. The molecule has 2 heterocycles. The Morgan fingerprint density at radius 2 is 1.96 bits per heavy atom. The lowest BCUT2D eigenvalue weighted by Gasteiger charge is -2.44. The fourth-order valence-electron chi connectivity index (χ4n) is 4.05. The molecule has 0 aliphatic carbocycles. The number of halogens is 1. The van der Waals surface area contributed by atoms with Crippen molar-refractivity contribution in [3.05, 3.63) is 58.1 Å². The fraction of sp³-hybridized carbons (Fsp3) is 0.364. The molecular weight excluding hydrogens is 378 g/mol. The third kappa shape index (κ3) is 3.35. The third-order valence-electron chi connectivity index (χ3n) is 5.62. The van der Waals surface area contributed by atoms with Crippen LogP contribution < -0.4 is 9.47 Å². The van der Waals surface area contributed by atoms with Crippen LogP contribution in [0.2, 0.25) is 5.02 Å². The Morgan fingerprint density at radius 1 is 1.21 bits per heavy atom. The number of hydrogen-bond donors (Lipinski definition) is 0. The number of Topliss-reactive ketones (excluding diaryl/α,β-unsaturated/α-hetero) is 1. The third-order valence-corrected chi connectivity index (χ3v) is 5.84. The van der Waals surface area contributed by atoms with Crippen LogP contribution in [0.25, 0.3) is 0 Å². The molecule has 0 aromatic heterocycles. The molecule has 1 amide bonds. The molecule has 0 radical (unpaired) electrons. The van der Waals surface area contributed by atoms with Crippen molar-refractivity contribution in [3.63, 3.8) is 0 Å². The maximum atomic E-state index is 12.8. The van der Waals surface area contributed by atoms with Crippen molar-refractivity contribution in [1.82, 2.24) is 4.90 Å². The van der Waals surface area contributed by atoms with Gasteiger partial charge >= 0.3 is 0 Å². The summed E-state index contributed by atoms with van der Waals surface area (Å²) in [5, 5.41) is 0.544. The Hall–Kier alpha value is -2.53. The maximum Gasteiger partial charge on any atom is 0.253 e. The van der Waals surface area contributed by atoms with E-state index in [2.05, 4.69) is 0 Å². The van der Waals surface area contributed by atoms with Gasteiger partial charge in [-0.15, -0.1) is 0 Å². The predicted octanol–water partition coefficient (Wildman–Crippen LogP) is 4.30. The summed E-state index contributed by atoms with van der Waals surface area (Å²) < 4.78 is 11.6. The number of amides is 1. The molecule has 146 valence electrons. The van der Waals surface area contributed by atoms with Gasteiger partial charge in [-0.05, 0) is 42.8 Å². The van der Waals surface area contributed by atoms with Gasteiger partial charge in [0.15, 0.2) is 5.78 Å². The number of hydrogen-bond acceptors (Lipinski definition) is 4. The SMILES string of the molecule is COc1cccc(C(=O)N2CCC3(CC2)CC(=O)c2cc(Cl)cc(C)c2O3)c1. The van der Waals surface area contributed by atoms with E-state index in [1.165, 1.54) is 0 Å². The Balaban J connectivity index is 1.50. The van der Waals surface area contributed by atoms with Gasteiger partial charge in [0.05, 0.1) is 19.1 Å². The topological polar surface area (TPSA) is 55.8 Å². The molecule has 0 bridgehead atoms. The molecule has 2 aliphatic rings. The van der Waals surface area contributed by atoms with Crippen molar-refractivity contribution in [1.29, 1.82) is 0 Å². The van der Waals surface area contributed by atoms with Crippen LogP contribution in [-0.4, -0.2) is 42.4 Å². The van der Waals surface area contributed by atoms with Crippen LogP contribution in [0.1, 0.15) is 45.5 Å². The van der Waals surface area contributed by atoms with Crippen molar-refractivity contribution in [2.45, 2.75) is 31.8 Å². The Kier molecular flexibility index (Phi) is 4.79. The number of ketones is 1. The molecule has 28 heavy (non-hydrogen) atoms. The standard InChI is InChI=1S/C22H22ClNO4/c1-14-10-16(23)12-18-19(25)13-22(28-20(14)18)6-8-24(9-7-22)21(26)15-4-3-5-17(11-15)27-2/h3-5,10-12H,6-9,13H2,1-2H3. The van der Waals surface area contributed by atoms with E-state index in [1.807, 2.05) is 30.0 Å². The highest BCUT2D eigenvalue weighted by molar-refractivity contribution is 6.31. The molecule has 1 spiro atoms. The van der Waals surface area contributed by atoms with E-state index in [4.69, 9.17) is 21.1 Å². The van der Waals surface area contributed by atoms with E-state index in [9.17, 15) is 9.59 Å². The molecule has 2 aromatic rings. The average Bonchev–Trinajstić information content (AvgIpc) is 2.69. The zero-order valence-corrected chi connectivity index (χ0v) is 16.7. The summed E-state index contributed by atoms with van der Waals surface area (Å²) in [5.41, 5.74) is 1.48. The summed E-state index contributed by atoms with van der Waals surface area (Å²) in [5.74, 6) is 1.32. The number of aryl methyl sites for hydroxylation is 1. The van der Waals surface area contributed by atoms with Crippen LogP contribution >= 0.6 is 11.6 Å². The van der Waals surface area contributed by atoms with E-state index in [1.54, 1.807) is 25.3 Å². The van der Waals surface area contributed by atoms with Crippen molar-refractivity contribution in [2.75, 3.05) is 20.2 Å². The van der Waals surface area contributed by atoms with Gasteiger partial charge in [-0.2, -0.15) is 0 Å². The summed E-state index contributed by atoms with van der Waals surface area (Å²) >= 11 is 6.10. The molecule has 0 N–H and O–H groups in total. The molecule has 1 fully saturated rings. The number of carbonyl (C=O) groups is 2. The second-order valence-corrected chi connectivity index (χ2v) is 7.94. The van der Waals surface area contributed by atoms with E-state index < -0.39 is 5.60 Å². The van der Waals surface area contributed by atoms with E-state index in [0.717, 1.165) is 5.56 Å². The number of benzene rings is 2. The maximum absolute atomic E-state index is 12.8. The summed E-state index contributed by atoms with van der Waals surface area (Å²) in [6, 6.07) is 10.7. The molecule has 2 aromatic carbocycles. The van der Waals surface area contributed by atoms with Crippen molar-refractivity contribution in [2.24, 2.45) is 0 Å². The van der Waals surface area contributed by atoms with Crippen molar-refractivity contribution >= 4 is 23.3 Å². The van der Waals surface area contributed by atoms with Gasteiger partial charge in [0.2, 0.25) is 0 Å². The zero-order chi connectivity index (χ0) is 19.9. The lowest BCUT2D eigenvalue weighted by atomic mass is 9.82. The molecular formula is C22H22ClNO4. The van der Waals surface area contributed by atoms with E-state index in [-0.39, 0.29) is 11.7 Å². The highest BCUT2D eigenvalue weighted by atomic mass is 35.5. The first kappa shape index (κ1) is 18.8. The lowest BCUT2D eigenvalue weighted by molar-refractivity contribution is -0.00617. The molecule has 6 heteroatoms. The highest BCUT2D eigenvalue weighted by Gasteiger charge is 2.44. The second-order valence-electron chi connectivity index (χ2n) is 7.51. The second kappa shape index (κ2) is 7.13. The molecule has 0 unspecified atom stereocenters. The predicted molar refractivity (Wildman–Crippen MR) is 107 cm³/mol. The quantitative estimate of drug-likeness (QED) is 0.755. The summed E-state index contributed by atoms with van der Waals surface area (Å²) in [6.45, 7) is 3.00. The normalized spacial score (nSPS) is 17.8. The molecule has 1 saturated heterocycles. The van der Waals surface area contributed by atoms with Crippen LogP contribution in [0.15, 0.2) is 36.4 Å². The van der Waals surface area contributed by atoms with Gasteiger partial charge in [-0.3, -0.25) is 9.59 Å². The van der Waals surface area contributed by atoms with Crippen LogP contribution in [0, 0.1) is 6.92 Å². The van der Waals surface area contributed by atoms with Gasteiger partial charge in [0, 0.05) is 36.5 Å². The van der Waals surface area contributed by atoms with E-state index in [0.29, 0.717) is 60.0 Å². The molecule has 0 saturated carbocycles. The number of piperidine rings is 1. The first-order valence-corrected chi connectivity index (χ1v) is 9.74. The van der Waals surface area contributed by atoms with Gasteiger partial charge in [-0.1, -0.05) is 17.7 Å². The molecule has 4 rings (SSSR count). The molecule has 2 aliphatic heterocycles. The lowest BCUT2D eigenvalue weighted by Crippen LogP contribution is -2.52. The Labute approximate surface area is 169 Å². The first-order valence-electron chi connectivity index (χ1n) is 9.36. The molecule has 5 nitrogen and oxygen atoms in total. The smallest absolute Gasteiger partial charge is 0.253 e. The Bertz CT molecular complexity index is 948. The molecule has 0 atom stereocenters. The first-order chi connectivity index (χ1) is 13.4. The number of likely N-dealkylation sites (tertiary alicyclic amines) is 1. The number of ether oxygens (including phenoxy) is 2. The van der Waals surface area contributed by atoms with Gasteiger partial charge in [-0.25, -0.2) is 0 Å². The van der Waals surface area contributed by atoms with Gasteiger partial charge < -0.3 is 14.4 Å². The highest BCUT2D eigenvalue weighted by Crippen LogP contribution is 2.42. The number of carbonyl (C=O) groups excluding carboxylic acids is 2. The van der Waals surface area contributed by atoms with Gasteiger partial charge in [0.25, 0.3) is 5.91 Å². The van der Waals surface area contributed by atoms with Crippen LogP contribution in [0.3, 0.4) is 0 Å². The van der Waals surface area contributed by atoms with Crippen molar-refractivity contribution < 1.29 is 19.1 Å². The minimum absolute atomic E-state index is 0.0285. The van der Waals surface area contributed by atoms with E-state index >= 15 is 0 Å². The fourth-order valence-corrected chi connectivity index (χ4v) is 4.32.